The molecule has 0 bridgehead atoms. The second kappa shape index (κ2) is 8.44. The minimum absolute atomic E-state index is 0. The van der Waals surface area contributed by atoms with Crippen molar-refractivity contribution in [3.63, 3.8) is 0 Å². The summed E-state index contributed by atoms with van der Waals surface area (Å²) in [6.07, 6.45) is 1.97. The van der Waals surface area contributed by atoms with Gasteiger partial charge in [-0.25, -0.2) is 0 Å². The number of rotatable bonds is 6. The molecular formula is C16H28ClNO. The molecule has 110 valence electrons. The predicted molar refractivity (Wildman–Crippen MR) is 85.7 cm³/mol. The molecule has 2 N–H and O–H groups in total. The predicted octanol–water partition coefficient (Wildman–Crippen LogP) is 4.22. The molecule has 1 aromatic carbocycles. The van der Waals surface area contributed by atoms with Gasteiger partial charge in [0.25, 0.3) is 0 Å². The van der Waals surface area contributed by atoms with Gasteiger partial charge in [0, 0.05) is 6.04 Å². The SMILES string of the molecule is CCCOc1cc(C)c(CC(C)N)cc1C(C)C.Cl. The number of aryl methyl sites for hydroxylation is 1. The third kappa shape index (κ3) is 5.42. The first-order valence-electron chi connectivity index (χ1n) is 6.97. The highest BCUT2D eigenvalue weighted by atomic mass is 35.5. The van der Waals surface area contributed by atoms with Gasteiger partial charge in [-0.1, -0.05) is 26.8 Å². The molecule has 0 heterocycles. The van der Waals surface area contributed by atoms with Crippen molar-refractivity contribution in [3.05, 3.63) is 28.8 Å². The summed E-state index contributed by atoms with van der Waals surface area (Å²) in [6, 6.07) is 4.64. The molecule has 0 saturated heterocycles. The van der Waals surface area contributed by atoms with E-state index in [0.29, 0.717) is 5.92 Å². The second-order valence-corrected chi connectivity index (χ2v) is 5.50. The molecule has 1 atom stereocenters. The van der Waals surface area contributed by atoms with E-state index in [-0.39, 0.29) is 18.4 Å². The van der Waals surface area contributed by atoms with Crippen molar-refractivity contribution in [1.82, 2.24) is 0 Å². The smallest absolute Gasteiger partial charge is 0.123 e. The Balaban J connectivity index is 0.00000324. The van der Waals surface area contributed by atoms with Gasteiger partial charge in [-0.05, 0) is 55.4 Å². The van der Waals surface area contributed by atoms with Crippen molar-refractivity contribution in [2.24, 2.45) is 5.73 Å². The average molecular weight is 286 g/mol. The Hall–Kier alpha value is -0.730. The summed E-state index contributed by atoms with van der Waals surface area (Å²) in [5.41, 5.74) is 9.83. The van der Waals surface area contributed by atoms with E-state index in [0.717, 1.165) is 25.2 Å². The highest BCUT2D eigenvalue weighted by Crippen LogP contribution is 2.30. The second-order valence-electron chi connectivity index (χ2n) is 5.50. The van der Waals surface area contributed by atoms with Crippen LogP contribution in [0.4, 0.5) is 0 Å². The van der Waals surface area contributed by atoms with Crippen LogP contribution in [0.2, 0.25) is 0 Å². The molecular weight excluding hydrogens is 258 g/mol. The summed E-state index contributed by atoms with van der Waals surface area (Å²) < 4.78 is 5.86. The van der Waals surface area contributed by atoms with Gasteiger partial charge in [0.15, 0.2) is 0 Å². The summed E-state index contributed by atoms with van der Waals surface area (Å²) in [4.78, 5) is 0. The number of hydrogen-bond donors (Lipinski definition) is 1. The minimum atomic E-state index is 0. The molecule has 1 aromatic rings. The van der Waals surface area contributed by atoms with Gasteiger partial charge >= 0.3 is 0 Å². The van der Waals surface area contributed by atoms with E-state index in [1.54, 1.807) is 0 Å². The lowest BCUT2D eigenvalue weighted by molar-refractivity contribution is 0.312. The molecule has 3 heteroatoms. The fourth-order valence-corrected chi connectivity index (χ4v) is 2.10. The molecule has 0 fully saturated rings. The van der Waals surface area contributed by atoms with Crippen molar-refractivity contribution in [1.29, 1.82) is 0 Å². The first kappa shape index (κ1) is 18.3. The molecule has 0 spiro atoms. The van der Waals surface area contributed by atoms with E-state index in [4.69, 9.17) is 10.5 Å². The Morgan fingerprint density at radius 1 is 1.21 bits per heavy atom. The Morgan fingerprint density at radius 2 is 1.84 bits per heavy atom. The van der Waals surface area contributed by atoms with Gasteiger partial charge < -0.3 is 10.5 Å². The number of nitrogens with two attached hydrogens (primary N) is 1. The number of benzene rings is 1. The number of hydrogen-bond acceptors (Lipinski definition) is 2. The van der Waals surface area contributed by atoms with E-state index in [9.17, 15) is 0 Å². The normalized spacial score (nSPS) is 12.2. The van der Waals surface area contributed by atoms with Gasteiger partial charge in [-0.2, -0.15) is 0 Å². The first-order chi connectivity index (χ1) is 8.45. The van der Waals surface area contributed by atoms with Gasteiger partial charge in [0.2, 0.25) is 0 Å². The quantitative estimate of drug-likeness (QED) is 0.849. The zero-order chi connectivity index (χ0) is 13.7. The molecule has 0 aliphatic rings. The van der Waals surface area contributed by atoms with Crippen LogP contribution in [0.3, 0.4) is 0 Å². The molecule has 2 nitrogen and oxygen atoms in total. The van der Waals surface area contributed by atoms with Crippen LogP contribution < -0.4 is 10.5 Å². The van der Waals surface area contributed by atoms with Gasteiger partial charge in [-0.3, -0.25) is 0 Å². The number of halogens is 1. The van der Waals surface area contributed by atoms with Gasteiger partial charge in [0.1, 0.15) is 5.75 Å². The Labute approximate surface area is 124 Å². The third-order valence-corrected chi connectivity index (χ3v) is 3.09. The monoisotopic (exact) mass is 285 g/mol. The van der Waals surface area contributed by atoms with Crippen LogP contribution in [-0.4, -0.2) is 12.6 Å². The highest BCUT2D eigenvalue weighted by Gasteiger charge is 2.12. The highest BCUT2D eigenvalue weighted by molar-refractivity contribution is 5.85. The fourth-order valence-electron chi connectivity index (χ4n) is 2.10. The summed E-state index contributed by atoms with van der Waals surface area (Å²) in [7, 11) is 0. The summed E-state index contributed by atoms with van der Waals surface area (Å²) in [5.74, 6) is 1.52. The molecule has 0 radical (unpaired) electrons. The fraction of sp³-hybridized carbons (Fsp3) is 0.625. The largest absolute Gasteiger partial charge is 0.493 e. The Kier molecular flexibility index (Phi) is 8.12. The van der Waals surface area contributed by atoms with E-state index in [2.05, 4.69) is 46.8 Å². The van der Waals surface area contributed by atoms with Crippen molar-refractivity contribution < 1.29 is 4.74 Å². The molecule has 0 aliphatic heterocycles. The molecule has 0 aromatic heterocycles. The van der Waals surface area contributed by atoms with Crippen LogP contribution in [0.5, 0.6) is 5.75 Å². The first-order valence-corrected chi connectivity index (χ1v) is 6.97. The Bertz CT molecular complexity index is 389. The summed E-state index contributed by atoms with van der Waals surface area (Å²) in [5, 5.41) is 0. The molecule has 1 unspecified atom stereocenters. The van der Waals surface area contributed by atoms with E-state index >= 15 is 0 Å². The van der Waals surface area contributed by atoms with Crippen LogP contribution in [-0.2, 0) is 6.42 Å². The lowest BCUT2D eigenvalue weighted by atomic mass is 9.94. The van der Waals surface area contributed by atoms with Crippen LogP contribution in [0.1, 0.15) is 56.7 Å². The summed E-state index contributed by atoms with van der Waals surface area (Å²) >= 11 is 0. The van der Waals surface area contributed by atoms with Crippen LogP contribution in [0.25, 0.3) is 0 Å². The lowest BCUT2D eigenvalue weighted by Gasteiger charge is -2.18. The maximum absolute atomic E-state index is 5.91. The standard InChI is InChI=1S/C16H27NO.ClH/c1-6-7-18-16-8-12(4)14(9-13(5)17)10-15(16)11(2)3;/h8,10-11,13H,6-7,9,17H2,1-5H3;1H. The van der Waals surface area contributed by atoms with Crippen LogP contribution in [0.15, 0.2) is 12.1 Å². The van der Waals surface area contributed by atoms with Crippen LogP contribution in [0, 0.1) is 6.92 Å². The van der Waals surface area contributed by atoms with Crippen molar-refractivity contribution in [2.45, 2.75) is 59.4 Å². The van der Waals surface area contributed by atoms with Crippen LogP contribution >= 0.6 is 12.4 Å². The molecule has 0 saturated carbocycles. The zero-order valence-electron chi connectivity index (χ0n) is 12.8. The van der Waals surface area contributed by atoms with E-state index in [1.807, 2.05) is 0 Å². The van der Waals surface area contributed by atoms with Gasteiger partial charge in [0.05, 0.1) is 6.61 Å². The lowest BCUT2D eigenvalue weighted by Crippen LogP contribution is -2.18. The molecule has 0 amide bonds. The van der Waals surface area contributed by atoms with E-state index < -0.39 is 0 Å². The van der Waals surface area contributed by atoms with E-state index in [1.165, 1.54) is 16.7 Å². The molecule has 1 rings (SSSR count). The zero-order valence-corrected chi connectivity index (χ0v) is 13.6. The summed E-state index contributed by atoms with van der Waals surface area (Å²) in [6.45, 7) is 11.5. The van der Waals surface area contributed by atoms with Gasteiger partial charge in [-0.15, -0.1) is 12.4 Å². The van der Waals surface area contributed by atoms with Crippen molar-refractivity contribution in [2.75, 3.05) is 6.61 Å². The minimum Gasteiger partial charge on any atom is -0.493 e. The van der Waals surface area contributed by atoms with Crippen molar-refractivity contribution >= 4 is 12.4 Å². The molecule has 19 heavy (non-hydrogen) atoms. The maximum atomic E-state index is 5.91. The van der Waals surface area contributed by atoms with Crippen molar-refractivity contribution in [3.8, 4) is 5.75 Å². The topological polar surface area (TPSA) is 35.2 Å². The average Bonchev–Trinajstić information content (AvgIpc) is 2.28. The number of ether oxygens (including phenoxy) is 1. The third-order valence-electron chi connectivity index (χ3n) is 3.09. The Morgan fingerprint density at radius 3 is 2.32 bits per heavy atom. The molecule has 0 aliphatic carbocycles. The maximum Gasteiger partial charge on any atom is 0.123 e.